The highest BCUT2D eigenvalue weighted by molar-refractivity contribution is 6.33. The third kappa shape index (κ3) is 2.35. The zero-order valence-corrected chi connectivity index (χ0v) is 11.0. The maximum Gasteiger partial charge on any atom is 0.156 e. The molecule has 0 fully saturated rings. The molecule has 4 nitrogen and oxygen atoms in total. The molecule has 0 aliphatic carbocycles. The lowest BCUT2D eigenvalue weighted by Gasteiger charge is -2.01. The molecule has 0 aliphatic rings. The highest BCUT2D eigenvalue weighted by Crippen LogP contribution is 2.27. The number of hydrogen-bond acceptors (Lipinski definition) is 3. The summed E-state index contributed by atoms with van der Waals surface area (Å²) in [7, 11) is 0. The quantitative estimate of drug-likeness (QED) is 0.718. The van der Waals surface area contributed by atoms with Gasteiger partial charge in [-0.1, -0.05) is 29.8 Å². The fourth-order valence-corrected chi connectivity index (χ4v) is 2.09. The third-order valence-electron chi connectivity index (χ3n) is 2.79. The Morgan fingerprint density at radius 3 is 2.79 bits per heavy atom. The molecule has 0 spiro atoms. The number of rotatable bonds is 2. The molecule has 0 saturated carbocycles. The Bertz CT molecular complexity index is 721. The third-order valence-corrected chi connectivity index (χ3v) is 3.12. The van der Waals surface area contributed by atoms with Gasteiger partial charge in [-0.3, -0.25) is 0 Å². The van der Waals surface area contributed by atoms with Crippen LogP contribution >= 0.6 is 11.6 Å². The molecule has 0 unspecified atom stereocenters. The molecule has 19 heavy (non-hydrogen) atoms. The van der Waals surface area contributed by atoms with Gasteiger partial charge in [0.15, 0.2) is 5.82 Å². The van der Waals surface area contributed by atoms with Crippen LogP contribution in [0.2, 0.25) is 5.02 Å². The van der Waals surface area contributed by atoms with Crippen molar-refractivity contribution in [2.45, 2.75) is 6.92 Å². The molecule has 1 aromatic carbocycles. The highest BCUT2D eigenvalue weighted by atomic mass is 35.5. The second-order valence-electron chi connectivity index (χ2n) is 4.17. The number of halogens is 1. The van der Waals surface area contributed by atoms with E-state index >= 15 is 0 Å². The van der Waals surface area contributed by atoms with E-state index in [2.05, 4.69) is 15.1 Å². The average molecular weight is 271 g/mol. The molecule has 0 aliphatic heterocycles. The Morgan fingerprint density at radius 2 is 2.00 bits per heavy atom. The maximum atomic E-state index is 6.18. The zero-order valence-electron chi connectivity index (χ0n) is 10.3. The van der Waals surface area contributed by atoms with Gasteiger partial charge in [0.05, 0.1) is 6.20 Å². The largest absolute Gasteiger partial charge is 0.242 e. The van der Waals surface area contributed by atoms with Gasteiger partial charge >= 0.3 is 0 Å². The Hall–Kier alpha value is -2.20. The Kier molecular flexibility index (Phi) is 3.01. The van der Waals surface area contributed by atoms with Gasteiger partial charge in [0.2, 0.25) is 0 Å². The zero-order chi connectivity index (χ0) is 13.2. The van der Waals surface area contributed by atoms with E-state index in [9.17, 15) is 0 Å². The van der Waals surface area contributed by atoms with E-state index in [1.807, 2.05) is 43.5 Å². The minimum absolute atomic E-state index is 0.709. The summed E-state index contributed by atoms with van der Waals surface area (Å²) in [6.07, 6.45) is 5.21. The highest BCUT2D eigenvalue weighted by Gasteiger charge is 2.07. The predicted molar refractivity (Wildman–Crippen MR) is 74.3 cm³/mol. The van der Waals surface area contributed by atoms with E-state index in [0.717, 1.165) is 22.6 Å². The van der Waals surface area contributed by atoms with Crippen LogP contribution in [0.3, 0.4) is 0 Å². The van der Waals surface area contributed by atoms with E-state index in [1.54, 1.807) is 10.9 Å². The fourth-order valence-electron chi connectivity index (χ4n) is 1.85. The molecule has 94 valence electrons. The van der Waals surface area contributed by atoms with Crippen LogP contribution in [-0.4, -0.2) is 19.7 Å². The monoisotopic (exact) mass is 270 g/mol. The van der Waals surface area contributed by atoms with Gasteiger partial charge in [0, 0.05) is 34.1 Å². The van der Waals surface area contributed by atoms with Gasteiger partial charge in [-0.2, -0.15) is 5.10 Å². The Balaban J connectivity index is 2.03. The van der Waals surface area contributed by atoms with Gasteiger partial charge in [-0.25, -0.2) is 14.6 Å². The van der Waals surface area contributed by atoms with Crippen molar-refractivity contribution >= 4 is 11.6 Å². The molecular weight excluding hydrogens is 260 g/mol. The minimum atomic E-state index is 0.709. The summed E-state index contributed by atoms with van der Waals surface area (Å²) >= 11 is 6.18. The molecule has 2 heterocycles. The second kappa shape index (κ2) is 4.82. The van der Waals surface area contributed by atoms with Crippen molar-refractivity contribution in [3.05, 3.63) is 59.8 Å². The summed E-state index contributed by atoms with van der Waals surface area (Å²) in [6, 6.07) is 9.57. The average Bonchev–Trinajstić information content (AvgIpc) is 2.89. The van der Waals surface area contributed by atoms with Crippen molar-refractivity contribution in [2.24, 2.45) is 0 Å². The fraction of sp³-hybridized carbons (Fsp3) is 0.0714. The predicted octanol–water partition coefficient (Wildman–Crippen LogP) is 3.29. The maximum absolute atomic E-state index is 6.18. The first kappa shape index (κ1) is 11.9. The number of benzene rings is 1. The van der Waals surface area contributed by atoms with E-state index in [0.29, 0.717) is 5.02 Å². The van der Waals surface area contributed by atoms with Gasteiger partial charge in [0.1, 0.15) is 6.33 Å². The van der Waals surface area contributed by atoms with Crippen LogP contribution in [0.15, 0.2) is 49.1 Å². The lowest BCUT2D eigenvalue weighted by Crippen LogP contribution is -1.98. The number of hydrogen-bond donors (Lipinski definition) is 0. The van der Waals surface area contributed by atoms with Crippen molar-refractivity contribution in [1.29, 1.82) is 0 Å². The molecule has 0 N–H and O–H groups in total. The second-order valence-corrected chi connectivity index (χ2v) is 4.58. The van der Waals surface area contributed by atoms with Crippen molar-refractivity contribution in [3.63, 3.8) is 0 Å². The van der Waals surface area contributed by atoms with Crippen molar-refractivity contribution in [1.82, 2.24) is 19.7 Å². The lowest BCUT2D eigenvalue weighted by molar-refractivity contribution is 0.835. The molecule has 5 heteroatoms. The standard InChI is InChI=1S/C14H11ClN4/c1-10-6-14(17-9-16-10)19-8-11(7-18-19)12-4-2-3-5-13(12)15/h2-9H,1H3. The molecule has 0 radical (unpaired) electrons. The molecule has 3 aromatic rings. The van der Waals surface area contributed by atoms with Gasteiger partial charge < -0.3 is 0 Å². The van der Waals surface area contributed by atoms with E-state index < -0.39 is 0 Å². The summed E-state index contributed by atoms with van der Waals surface area (Å²) in [5.74, 6) is 0.741. The van der Waals surface area contributed by atoms with Crippen LogP contribution in [0.5, 0.6) is 0 Å². The molecule has 3 rings (SSSR count). The van der Waals surface area contributed by atoms with Crippen LogP contribution in [0.25, 0.3) is 16.9 Å². The molecule has 0 saturated heterocycles. The molecule has 0 amide bonds. The van der Waals surface area contributed by atoms with Crippen molar-refractivity contribution in [2.75, 3.05) is 0 Å². The number of aryl methyl sites for hydroxylation is 1. The summed E-state index contributed by atoms with van der Waals surface area (Å²) in [6.45, 7) is 1.92. The van der Waals surface area contributed by atoms with Crippen molar-refractivity contribution in [3.8, 4) is 16.9 Å². The van der Waals surface area contributed by atoms with Crippen LogP contribution in [0.1, 0.15) is 5.69 Å². The van der Waals surface area contributed by atoms with Gasteiger partial charge in [0.25, 0.3) is 0 Å². The van der Waals surface area contributed by atoms with Crippen molar-refractivity contribution < 1.29 is 0 Å². The normalized spacial score (nSPS) is 10.6. The van der Waals surface area contributed by atoms with E-state index in [1.165, 1.54) is 6.33 Å². The first-order valence-corrected chi connectivity index (χ1v) is 6.20. The first-order valence-electron chi connectivity index (χ1n) is 5.82. The molecule has 0 bridgehead atoms. The van der Waals surface area contributed by atoms with E-state index in [-0.39, 0.29) is 0 Å². The van der Waals surface area contributed by atoms with Gasteiger partial charge in [-0.05, 0) is 13.0 Å². The summed E-state index contributed by atoms with van der Waals surface area (Å²) in [4.78, 5) is 8.27. The summed E-state index contributed by atoms with van der Waals surface area (Å²) in [5.41, 5.74) is 2.82. The summed E-state index contributed by atoms with van der Waals surface area (Å²) < 4.78 is 1.72. The Labute approximate surface area is 115 Å². The first-order chi connectivity index (χ1) is 9.24. The topological polar surface area (TPSA) is 43.6 Å². The summed E-state index contributed by atoms with van der Waals surface area (Å²) in [5, 5.41) is 5.02. The van der Waals surface area contributed by atoms with Crippen LogP contribution in [0, 0.1) is 6.92 Å². The molecular formula is C14H11ClN4. The molecule has 0 atom stereocenters. The molecule has 2 aromatic heterocycles. The van der Waals surface area contributed by atoms with E-state index in [4.69, 9.17) is 11.6 Å². The lowest BCUT2D eigenvalue weighted by atomic mass is 10.1. The SMILES string of the molecule is Cc1cc(-n2cc(-c3ccccc3Cl)cn2)ncn1. The van der Waals surface area contributed by atoms with Gasteiger partial charge in [-0.15, -0.1) is 0 Å². The number of aromatic nitrogens is 4. The smallest absolute Gasteiger partial charge is 0.156 e. The number of nitrogens with zero attached hydrogens (tertiary/aromatic N) is 4. The Morgan fingerprint density at radius 1 is 1.16 bits per heavy atom. The van der Waals surface area contributed by atoms with Crippen LogP contribution < -0.4 is 0 Å². The minimum Gasteiger partial charge on any atom is -0.242 e. The van der Waals surface area contributed by atoms with Crippen LogP contribution in [0.4, 0.5) is 0 Å². The van der Waals surface area contributed by atoms with Crippen LogP contribution in [-0.2, 0) is 0 Å².